The lowest BCUT2D eigenvalue weighted by atomic mass is 9.85. The Hall–Kier alpha value is -0.910. The minimum Gasteiger partial charge on any atom is -0.380 e. The van der Waals surface area contributed by atoms with Gasteiger partial charge in [0.25, 0.3) is 5.91 Å². The largest absolute Gasteiger partial charge is 0.380 e. The quantitative estimate of drug-likeness (QED) is 0.847. The maximum atomic E-state index is 12.6. The molecular formula is C18H28N2O2S. The van der Waals surface area contributed by atoms with Crippen LogP contribution in [0.2, 0.25) is 0 Å². The van der Waals surface area contributed by atoms with Crippen LogP contribution in [-0.2, 0) is 4.74 Å². The highest BCUT2D eigenvalue weighted by Gasteiger charge is 2.46. The summed E-state index contributed by atoms with van der Waals surface area (Å²) >= 11 is 1.61. The van der Waals surface area contributed by atoms with Crippen LogP contribution in [0.1, 0.15) is 47.2 Å². The Kier molecular flexibility index (Phi) is 5.09. The van der Waals surface area contributed by atoms with Gasteiger partial charge in [0.1, 0.15) is 0 Å². The summed E-state index contributed by atoms with van der Waals surface area (Å²) in [5.41, 5.74) is 0.282. The fourth-order valence-electron chi connectivity index (χ4n) is 4.08. The number of carbonyl (C=O) groups is 1. The third-order valence-electron chi connectivity index (χ3n) is 5.69. The lowest BCUT2D eigenvalue weighted by molar-refractivity contribution is 0.0212. The summed E-state index contributed by atoms with van der Waals surface area (Å²) in [6, 6.07) is 4.54. The van der Waals surface area contributed by atoms with Gasteiger partial charge in [-0.25, -0.2) is 0 Å². The first-order valence-corrected chi connectivity index (χ1v) is 9.54. The molecule has 128 valence electrons. The van der Waals surface area contributed by atoms with E-state index >= 15 is 0 Å². The van der Waals surface area contributed by atoms with Crippen molar-refractivity contribution in [2.24, 2.45) is 0 Å². The van der Waals surface area contributed by atoms with E-state index in [1.807, 2.05) is 17.0 Å². The van der Waals surface area contributed by atoms with Gasteiger partial charge in [-0.15, -0.1) is 11.3 Å². The zero-order chi connectivity index (χ0) is 16.4. The molecule has 2 aliphatic rings. The number of hydrogen-bond donors (Lipinski definition) is 0. The molecule has 1 aromatic rings. The number of ether oxygens (including phenoxy) is 1. The summed E-state index contributed by atoms with van der Waals surface area (Å²) in [6.07, 6.45) is 4.63. The first-order chi connectivity index (χ1) is 11.1. The highest BCUT2D eigenvalue weighted by Crippen LogP contribution is 2.40. The second kappa shape index (κ2) is 6.91. The second-order valence-electron chi connectivity index (χ2n) is 6.89. The van der Waals surface area contributed by atoms with E-state index < -0.39 is 0 Å². The van der Waals surface area contributed by atoms with Crippen LogP contribution in [0.15, 0.2) is 12.1 Å². The summed E-state index contributed by atoms with van der Waals surface area (Å²) in [5.74, 6) is 0.212. The zero-order valence-corrected chi connectivity index (χ0v) is 15.3. The Morgan fingerprint density at radius 2 is 2.09 bits per heavy atom. The van der Waals surface area contributed by atoms with E-state index in [2.05, 4.69) is 25.8 Å². The molecule has 1 amide bonds. The number of amides is 1. The first-order valence-electron chi connectivity index (χ1n) is 8.72. The van der Waals surface area contributed by atoms with Crippen molar-refractivity contribution in [1.29, 1.82) is 0 Å². The average molecular weight is 337 g/mol. The topological polar surface area (TPSA) is 32.8 Å². The lowest BCUT2D eigenvalue weighted by Gasteiger charge is -2.45. The Bertz CT molecular complexity index is 549. The predicted molar refractivity (Wildman–Crippen MR) is 94.2 cm³/mol. The number of likely N-dealkylation sites (tertiary alicyclic amines) is 2. The van der Waals surface area contributed by atoms with Gasteiger partial charge in [-0.1, -0.05) is 0 Å². The smallest absolute Gasteiger partial charge is 0.263 e. The molecule has 0 N–H and O–H groups in total. The van der Waals surface area contributed by atoms with Crippen molar-refractivity contribution in [2.75, 3.05) is 33.4 Å². The number of aryl methyl sites for hydroxylation is 1. The van der Waals surface area contributed by atoms with Crippen LogP contribution in [0.5, 0.6) is 0 Å². The highest BCUT2D eigenvalue weighted by atomic mass is 32.1. The highest BCUT2D eigenvalue weighted by molar-refractivity contribution is 7.13. The Morgan fingerprint density at radius 3 is 2.70 bits per heavy atom. The van der Waals surface area contributed by atoms with Crippen molar-refractivity contribution < 1.29 is 9.53 Å². The molecule has 23 heavy (non-hydrogen) atoms. The van der Waals surface area contributed by atoms with Gasteiger partial charge < -0.3 is 9.64 Å². The number of hydrogen-bond acceptors (Lipinski definition) is 4. The molecule has 1 aromatic heterocycles. The summed E-state index contributed by atoms with van der Waals surface area (Å²) in [7, 11) is 2.25. The van der Waals surface area contributed by atoms with Crippen LogP contribution < -0.4 is 0 Å². The molecule has 3 rings (SSSR count). The Balaban J connectivity index is 1.59. The second-order valence-corrected chi connectivity index (χ2v) is 8.18. The Morgan fingerprint density at radius 1 is 1.35 bits per heavy atom. The number of rotatable bonds is 4. The molecule has 1 atom stereocenters. The number of carbonyl (C=O) groups excluding carboxylic acids is 1. The van der Waals surface area contributed by atoms with Crippen LogP contribution in [0, 0.1) is 6.92 Å². The number of nitrogens with zero attached hydrogens (tertiary/aromatic N) is 2. The molecule has 5 heteroatoms. The molecule has 3 heterocycles. The van der Waals surface area contributed by atoms with Gasteiger partial charge in [-0.05, 0) is 58.7 Å². The van der Waals surface area contributed by atoms with Crippen molar-refractivity contribution in [3.05, 3.63) is 21.9 Å². The van der Waals surface area contributed by atoms with E-state index in [9.17, 15) is 4.79 Å². The SMILES string of the molecule is CCOCC1CCC2(CCN(C(=O)c3ccc(C)s3)CC2)N1C. The standard InChI is InChI=1S/C18H28N2O2S/c1-4-22-13-15-7-8-18(19(15)3)9-11-20(12-10-18)17(21)16-6-5-14(2)23-16/h5-6,15H,4,7-13H2,1-3H3. The summed E-state index contributed by atoms with van der Waals surface area (Å²) < 4.78 is 5.64. The van der Waals surface area contributed by atoms with Crippen LogP contribution >= 0.6 is 11.3 Å². The normalized spacial score (nSPS) is 24.5. The molecule has 2 aliphatic heterocycles. The van der Waals surface area contributed by atoms with Gasteiger partial charge in [-0.2, -0.15) is 0 Å². The molecule has 2 fully saturated rings. The third kappa shape index (κ3) is 3.32. The Labute approximate surface area is 143 Å². The van der Waals surface area contributed by atoms with Crippen molar-refractivity contribution in [3.8, 4) is 0 Å². The van der Waals surface area contributed by atoms with Crippen molar-refractivity contribution >= 4 is 17.2 Å². The van der Waals surface area contributed by atoms with E-state index in [0.29, 0.717) is 6.04 Å². The van der Waals surface area contributed by atoms with Crippen LogP contribution in [0.3, 0.4) is 0 Å². The summed E-state index contributed by atoms with van der Waals surface area (Å²) in [6.45, 7) is 7.49. The van der Waals surface area contributed by atoms with Gasteiger partial charge >= 0.3 is 0 Å². The molecule has 0 bridgehead atoms. The van der Waals surface area contributed by atoms with Gasteiger partial charge in [-0.3, -0.25) is 9.69 Å². The van der Waals surface area contributed by atoms with E-state index in [-0.39, 0.29) is 11.4 Å². The fourth-order valence-corrected chi connectivity index (χ4v) is 4.91. The molecule has 1 unspecified atom stereocenters. The maximum Gasteiger partial charge on any atom is 0.263 e. The minimum atomic E-state index is 0.212. The third-order valence-corrected chi connectivity index (χ3v) is 6.67. The van der Waals surface area contributed by atoms with Crippen molar-refractivity contribution in [1.82, 2.24) is 9.80 Å². The van der Waals surface area contributed by atoms with Gasteiger partial charge in [0.05, 0.1) is 11.5 Å². The molecule has 0 aromatic carbocycles. The van der Waals surface area contributed by atoms with E-state index in [0.717, 1.165) is 44.0 Å². The zero-order valence-electron chi connectivity index (χ0n) is 14.5. The molecule has 4 nitrogen and oxygen atoms in total. The lowest BCUT2D eigenvalue weighted by Crippen LogP contribution is -2.54. The van der Waals surface area contributed by atoms with E-state index in [1.165, 1.54) is 17.7 Å². The molecule has 1 spiro atoms. The van der Waals surface area contributed by atoms with Crippen LogP contribution in [-0.4, -0.2) is 60.6 Å². The first kappa shape index (κ1) is 16.9. The maximum absolute atomic E-state index is 12.6. The number of thiophene rings is 1. The van der Waals surface area contributed by atoms with Crippen molar-refractivity contribution in [2.45, 2.75) is 51.1 Å². The van der Waals surface area contributed by atoms with Crippen LogP contribution in [0.4, 0.5) is 0 Å². The molecule has 0 saturated carbocycles. The van der Waals surface area contributed by atoms with Gasteiger partial charge in [0, 0.05) is 36.2 Å². The average Bonchev–Trinajstić information content (AvgIpc) is 3.12. The fraction of sp³-hybridized carbons (Fsp3) is 0.722. The van der Waals surface area contributed by atoms with Gasteiger partial charge in [0.2, 0.25) is 0 Å². The monoisotopic (exact) mass is 336 g/mol. The summed E-state index contributed by atoms with van der Waals surface area (Å²) in [5, 5.41) is 0. The van der Waals surface area contributed by atoms with E-state index in [1.54, 1.807) is 11.3 Å². The van der Waals surface area contributed by atoms with Gasteiger partial charge in [0.15, 0.2) is 0 Å². The molecule has 2 saturated heterocycles. The summed E-state index contributed by atoms with van der Waals surface area (Å²) in [4.78, 5) is 19.3. The predicted octanol–water partition coefficient (Wildman–Crippen LogP) is 3.16. The number of piperidine rings is 1. The molecular weight excluding hydrogens is 308 g/mol. The minimum absolute atomic E-state index is 0.212. The molecule has 0 aliphatic carbocycles. The number of likely N-dealkylation sites (N-methyl/N-ethyl adjacent to an activating group) is 1. The van der Waals surface area contributed by atoms with E-state index in [4.69, 9.17) is 4.74 Å². The molecule has 0 radical (unpaired) electrons. The van der Waals surface area contributed by atoms with Crippen LogP contribution in [0.25, 0.3) is 0 Å². The van der Waals surface area contributed by atoms with Crippen molar-refractivity contribution in [3.63, 3.8) is 0 Å².